The lowest BCUT2D eigenvalue weighted by molar-refractivity contribution is -0.0550. The van der Waals surface area contributed by atoms with Gasteiger partial charge < -0.3 is 25.8 Å². The molecule has 2 rings (SSSR count). The van der Waals surface area contributed by atoms with Crippen LogP contribution in [0.2, 0.25) is 0 Å². The maximum absolute atomic E-state index is 11.7. The topological polar surface area (TPSA) is 131 Å². The molecule has 1 aromatic rings. The van der Waals surface area contributed by atoms with Gasteiger partial charge in [-0.05, 0) is 6.92 Å². The molecule has 100 valence electrons. The van der Waals surface area contributed by atoms with Crippen LogP contribution >= 0.6 is 0 Å². The van der Waals surface area contributed by atoms with Crippen molar-refractivity contribution in [2.24, 2.45) is 0 Å². The molecule has 0 aromatic carbocycles. The molecular formula is C10H15N3O5. The molecule has 8 heteroatoms. The van der Waals surface area contributed by atoms with E-state index in [-0.39, 0.29) is 5.82 Å². The Balaban J connectivity index is 2.39. The zero-order chi connectivity index (χ0) is 13.4. The van der Waals surface area contributed by atoms with Crippen LogP contribution < -0.4 is 11.4 Å². The monoisotopic (exact) mass is 257 g/mol. The molecule has 1 fully saturated rings. The number of aliphatic hydroxyl groups is 3. The van der Waals surface area contributed by atoms with E-state index >= 15 is 0 Å². The molecule has 0 spiro atoms. The summed E-state index contributed by atoms with van der Waals surface area (Å²) in [5, 5.41) is 28.4. The highest BCUT2D eigenvalue weighted by Crippen LogP contribution is 2.28. The van der Waals surface area contributed by atoms with Gasteiger partial charge >= 0.3 is 5.69 Å². The Morgan fingerprint density at radius 3 is 2.72 bits per heavy atom. The summed E-state index contributed by atoms with van der Waals surface area (Å²) in [6, 6.07) is 0. The molecule has 2 heterocycles. The van der Waals surface area contributed by atoms with Crippen molar-refractivity contribution in [1.29, 1.82) is 0 Å². The Bertz CT molecular complexity index is 503. The second kappa shape index (κ2) is 4.65. The SMILES string of the molecule is Cc1cn([C@H]2O[C@@H](CO)[C@H](O)[C@H]2O)c(=O)nc1N. The molecule has 5 N–H and O–H groups in total. The molecule has 0 bridgehead atoms. The summed E-state index contributed by atoms with van der Waals surface area (Å²) in [7, 11) is 0. The Morgan fingerprint density at radius 1 is 1.50 bits per heavy atom. The molecule has 1 aromatic heterocycles. The van der Waals surface area contributed by atoms with Crippen molar-refractivity contribution in [3.05, 3.63) is 22.2 Å². The standard InChI is InChI=1S/C10H15N3O5/c1-4-2-13(10(17)12-8(4)11)9-7(16)6(15)5(3-14)18-9/h2,5-7,9,14-16H,3H2,1H3,(H2,11,12,17)/t5-,6-,7+,9-/m0/s1. The smallest absolute Gasteiger partial charge is 0.351 e. The molecule has 0 amide bonds. The number of hydrogen-bond acceptors (Lipinski definition) is 7. The van der Waals surface area contributed by atoms with Gasteiger partial charge in [-0.1, -0.05) is 0 Å². The predicted octanol–water partition coefficient (Wildman–Crippen LogP) is -2.25. The van der Waals surface area contributed by atoms with E-state index in [1.165, 1.54) is 6.20 Å². The first-order valence-electron chi connectivity index (χ1n) is 5.43. The summed E-state index contributed by atoms with van der Waals surface area (Å²) in [4.78, 5) is 15.2. The highest BCUT2D eigenvalue weighted by Gasteiger charge is 2.43. The van der Waals surface area contributed by atoms with E-state index in [4.69, 9.17) is 15.6 Å². The van der Waals surface area contributed by atoms with Crippen LogP contribution in [-0.2, 0) is 4.74 Å². The first kappa shape index (κ1) is 13.0. The third-order valence-corrected chi connectivity index (χ3v) is 2.97. The molecule has 0 aliphatic carbocycles. The largest absolute Gasteiger partial charge is 0.394 e. The van der Waals surface area contributed by atoms with Gasteiger partial charge in [-0.25, -0.2) is 4.79 Å². The fourth-order valence-corrected chi connectivity index (χ4v) is 1.87. The molecule has 1 aliphatic rings. The van der Waals surface area contributed by atoms with Crippen molar-refractivity contribution in [1.82, 2.24) is 9.55 Å². The fraction of sp³-hybridized carbons (Fsp3) is 0.600. The van der Waals surface area contributed by atoms with E-state index in [9.17, 15) is 15.0 Å². The Morgan fingerprint density at radius 2 is 2.17 bits per heavy atom. The van der Waals surface area contributed by atoms with Gasteiger partial charge in [0, 0.05) is 11.8 Å². The normalized spacial score (nSPS) is 31.8. The fourth-order valence-electron chi connectivity index (χ4n) is 1.87. The first-order chi connectivity index (χ1) is 8.45. The number of anilines is 1. The van der Waals surface area contributed by atoms with Crippen molar-refractivity contribution in [2.75, 3.05) is 12.3 Å². The second-order valence-electron chi connectivity index (χ2n) is 4.23. The number of aryl methyl sites for hydroxylation is 1. The average Bonchev–Trinajstić information content (AvgIpc) is 2.61. The van der Waals surface area contributed by atoms with Gasteiger partial charge in [0.05, 0.1) is 6.61 Å². The van der Waals surface area contributed by atoms with Crippen molar-refractivity contribution in [3.8, 4) is 0 Å². The van der Waals surface area contributed by atoms with E-state index in [1.807, 2.05) is 0 Å². The lowest BCUT2D eigenvalue weighted by Crippen LogP contribution is -2.36. The first-order valence-corrected chi connectivity index (χ1v) is 5.43. The molecule has 8 nitrogen and oxygen atoms in total. The van der Waals surface area contributed by atoms with Crippen LogP contribution in [0.5, 0.6) is 0 Å². The number of ether oxygens (including phenoxy) is 1. The second-order valence-corrected chi connectivity index (χ2v) is 4.23. The summed E-state index contributed by atoms with van der Waals surface area (Å²) < 4.78 is 6.28. The maximum Gasteiger partial charge on any atom is 0.351 e. The van der Waals surface area contributed by atoms with Crippen molar-refractivity contribution in [3.63, 3.8) is 0 Å². The minimum Gasteiger partial charge on any atom is -0.394 e. The van der Waals surface area contributed by atoms with Crippen LogP contribution in [0.1, 0.15) is 11.8 Å². The minimum atomic E-state index is -1.32. The van der Waals surface area contributed by atoms with E-state index < -0.39 is 36.8 Å². The summed E-state index contributed by atoms with van der Waals surface area (Å²) in [6.45, 7) is 1.20. The zero-order valence-electron chi connectivity index (χ0n) is 9.72. The molecular weight excluding hydrogens is 242 g/mol. The number of nitrogens with zero attached hydrogens (tertiary/aromatic N) is 2. The number of rotatable bonds is 2. The minimum absolute atomic E-state index is 0.1000. The molecule has 4 atom stereocenters. The van der Waals surface area contributed by atoms with Crippen molar-refractivity contribution >= 4 is 5.82 Å². The van der Waals surface area contributed by atoms with Gasteiger partial charge in [0.1, 0.15) is 24.1 Å². The van der Waals surface area contributed by atoms with Gasteiger partial charge in [-0.3, -0.25) is 4.57 Å². The van der Waals surface area contributed by atoms with Crippen LogP contribution in [-0.4, -0.2) is 49.8 Å². The lowest BCUT2D eigenvalue weighted by Gasteiger charge is -2.17. The van der Waals surface area contributed by atoms with Gasteiger partial charge in [-0.2, -0.15) is 4.98 Å². The van der Waals surface area contributed by atoms with Crippen LogP contribution in [0.15, 0.2) is 11.0 Å². The van der Waals surface area contributed by atoms with Gasteiger partial charge in [-0.15, -0.1) is 0 Å². The summed E-state index contributed by atoms with van der Waals surface area (Å²) in [6.07, 6.45) is -3.20. The van der Waals surface area contributed by atoms with Crippen LogP contribution in [0.4, 0.5) is 5.82 Å². The predicted molar refractivity (Wildman–Crippen MR) is 60.7 cm³/mol. The van der Waals surface area contributed by atoms with Crippen molar-refractivity contribution in [2.45, 2.75) is 31.5 Å². The molecule has 0 radical (unpaired) electrons. The van der Waals surface area contributed by atoms with E-state index in [0.717, 1.165) is 4.57 Å². The number of nitrogen functional groups attached to an aromatic ring is 1. The van der Waals surface area contributed by atoms with Gasteiger partial charge in [0.15, 0.2) is 6.23 Å². The Labute approximate surface area is 102 Å². The zero-order valence-corrected chi connectivity index (χ0v) is 9.72. The van der Waals surface area contributed by atoms with Crippen LogP contribution in [0.25, 0.3) is 0 Å². The molecule has 1 saturated heterocycles. The Kier molecular flexibility index (Phi) is 3.35. The molecule has 0 saturated carbocycles. The van der Waals surface area contributed by atoms with E-state index in [1.54, 1.807) is 6.92 Å². The average molecular weight is 257 g/mol. The van der Waals surface area contributed by atoms with E-state index in [0.29, 0.717) is 5.56 Å². The Hall–Kier alpha value is -1.48. The summed E-state index contributed by atoms with van der Waals surface area (Å²) >= 11 is 0. The highest BCUT2D eigenvalue weighted by molar-refractivity contribution is 5.35. The molecule has 0 unspecified atom stereocenters. The van der Waals surface area contributed by atoms with Gasteiger partial charge in [0.2, 0.25) is 0 Å². The van der Waals surface area contributed by atoms with Crippen molar-refractivity contribution < 1.29 is 20.1 Å². The number of aliphatic hydroxyl groups excluding tert-OH is 3. The number of nitrogens with two attached hydrogens (primary N) is 1. The van der Waals surface area contributed by atoms with E-state index in [2.05, 4.69) is 4.98 Å². The maximum atomic E-state index is 11.7. The highest BCUT2D eigenvalue weighted by atomic mass is 16.6. The lowest BCUT2D eigenvalue weighted by atomic mass is 10.1. The molecule has 1 aliphatic heterocycles. The quantitative estimate of drug-likeness (QED) is 0.470. The summed E-state index contributed by atoms with van der Waals surface area (Å²) in [5.41, 5.74) is 5.35. The van der Waals surface area contributed by atoms with Gasteiger partial charge in [0.25, 0.3) is 0 Å². The summed E-state index contributed by atoms with van der Waals surface area (Å²) in [5.74, 6) is 0.1000. The number of hydrogen-bond donors (Lipinski definition) is 4. The number of aromatic nitrogens is 2. The third kappa shape index (κ3) is 1.99. The third-order valence-electron chi connectivity index (χ3n) is 2.97. The van der Waals surface area contributed by atoms with Crippen LogP contribution in [0.3, 0.4) is 0 Å². The molecule has 18 heavy (non-hydrogen) atoms. The van der Waals surface area contributed by atoms with Crippen LogP contribution in [0, 0.1) is 6.92 Å².